The molecule has 3 heterocycles. The number of allylic oxidation sites excluding steroid dienone is 1. The Balaban J connectivity index is 1.18. The number of aliphatic hydroxyl groups excluding tert-OH is 5. The van der Waals surface area contributed by atoms with E-state index in [1.165, 1.54) is 0 Å². The molecule has 2 aliphatic rings. The Morgan fingerprint density at radius 2 is 2.02 bits per heavy atom. The number of unbranched alkanes of at least 4 members (excludes halogenated alkanes) is 1. The smallest absolute Gasteiger partial charge is 0.308 e. The molecule has 0 aliphatic carbocycles. The Morgan fingerprint density at radius 3 is 2.77 bits per heavy atom. The van der Waals surface area contributed by atoms with Crippen molar-refractivity contribution >= 4 is 44.9 Å². The van der Waals surface area contributed by atoms with Crippen LogP contribution in [0, 0.1) is 6.92 Å². The van der Waals surface area contributed by atoms with Crippen LogP contribution in [0.2, 0.25) is 5.02 Å². The van der Waals surface area contributed by atoms with E-state index in [-0.39, 0.29) is 18.4 Å². The van der Waals surface area contributed by atoms with Crippen LogP contribution in [0.4, 0.5) is 0 Å². The van der Waals surface area contributed by atoms with Gasteiger partial charge in [0.25, 0.3) is 0 Å². The molecule has 4 unspecified atom stereocenters. The number of fused-ring (bicyclic) bond motifs is 1. The third-order valence-electron chi connectivity index (χ3n) is 7.85. The Kier molecular flexibility index (Phi) is 12.2. The van der Waals surface area contributed by atoms with Crippen molar-refractivity contribution < 1.29 is 44.6 Å². The second-order valence-electron chi connectivity index (χ2n) is 11.0. The van der Waals surface area contributed by atoms with Crippen molar-refractivity contribution in [1.82, 2.24) is 4.90 Å². The lowest BCUT2D eigenvalue weighted by Crippen LogP contribution is -2.59. The van der Waals surface area contributed by atoms with Gasteiger partial charge in [0.15, 0.2) is 0 Å². The first kappa shape index (κ1) is 33.5. The van der Waals surface area contributed by atoms with E-state index >= 15 is 0 Å². The van der Waals surface area contributed by atoms with Crippen LogP contribution in [0.1, 0.15) is 49.0 Å². The minimum Gasteiger partial charge on any atom is -0.433 e. The maximum Gasteiger partial charge on any atom is 0.308 e. The number of rotatable bonds is 13. The number of thiophene rings is 1. The summed E-state index contributed by atoms with van der Waals surface area (Å²) in [6, 6.07) is 6.01. The highest BCUT2D eigenvalue weighted by Crippen LogP contribution is 2.38. The van der Waals surface area contributed by atoms with Crippen LogP contribution < -0.4 is 0 Å². The highest BCUT2D eigenvalue weighted by Gasteiger charge is 2.45. The Labute approximate surface area is 259 Å². The van der Waals surface area contributed by atoms with E-state index in [1.807, 2.05) is 37.3 Å². The third-order valence-corrected chi connectivity index (χ3v) is 9.59. The topological polar surface area (TPSA) is 157 Å². The van der Waals surface area contributed by atoms with E-state index in [2.05, 4.69) is 6.07 Å². The van der Waals surface area contributed by atoms with Gasteiger partial charge < -0.3 is 39.9 Å². The molecule has 2 fully saturated rings. The number of carbonyl (C=O) groups excluding carboxylic acids is 2. The van der Waals surface area contributed by atoms with Crippen molar-refractivity contribution in [3.63, 3.8) is 0 Å². The molecule has 0 saturated carbocycles. The van der Waals surface area contributed by atoms with Crippen LogP contribution in [0.5, 0.6) is 0 Å². The van der Waals surface area contributed by atoms with Crippen LogP contribution in [-0.4, -0.2) is 98.3 Å². The summed E-state index contributed by atoms with van der Waals surface area (Å²) in [4.78, 5) is 27.4. The number of hydrogen-bond acceptors (Lipinski definition) is 10. The van der Waals surface area contributed by atoms with Gasteiger partial charge in [-0.3, -0.25) is 9.59 Å². The van der Waals surface area contributed by atoms with Crippen LogP contribution in [0.15, 0.2) is 42.5 Å². The summed E-state index contributed by atoms with van der Waals surface area (Å²) in [6.45, 7) is 1.85. The van der Waals surface area contributed by atoms with Crippen LogP contribution >= 0.6 is 22.9 Å². The lowest BCUT2D eigenvalue weighted by Gasteiger charge is -2.39. The zero-order valence-corrected chi connectivity index (χ0v) is 25.6. The molecule has 4 rings (SSSR count). The second-order valence-corrected chi connectivity index (χ2v) is 12.5. The fourth-order valence-electron chi connectivity index (χ4n) is 5.33. The van der Waals surface area contributed by atoms with Gasteiger partial charge in [0, 0.05) is 34.3 Å². The van der Waals surface area contributed by atoms with E-state index in [0.717, 1.165) is 25.5 Å². The Morgan fingerprint density at radius 1 is 1.23 bits per heavy atom. The van der Waals surface area contributed by atoms with E-state index < -0.39 is 49.4 Å². The number of aliphatic hydroxyl groups is 5. The number of nitrogens with zero attached hydrogens (tertiary/aromatic N) is 1. The first-order valence-electron chi connectivity index (χ1n) is 14.6. The number of halogens is 1. The maximum absolute atomic E-state index is 12.4. The normalized spacial score (nSPS) is 27.1. The molecule has 2 aliphatic heterocycles. The molecule has 12 heteroatoms. The molecule has 43 heavy (non-hydrogen) atoms. The zero-order chi connectivity index (χ0) is 31.1. The lowest BCUT2D eigenvalue weighted by molar-refractivity contribution is -0.292. The molecular formula is C31H40ClNO9S. The zero-order valence-electron chi connectivity index (χ0n) is 24.0. The van der Waals surface area contributed by atoms with Crippen molar-refractivity contribution in [2.24, 2.45) is 0 Å². The third kappa shape index (κ3) is 8.43. The molecule has 2 saturated heterocycles. The summed E-state index contributed by atoms with van der Waals surface area (Å²) in [5, 5.41) is 51.3. The predicted molar refractivity (Wildman–Crippen MR) is 163 cm³/mol. The average molecular weight is 638 g/mol. The summed E-state index contributed by atoms with van der Waals surface area (Å²) >= 11 is 8.28. The summed E-state index contributed by atoms with van der Waals surface area (Å²) < 4.78 is 11.4. The van der Waals surface area contributed by atoms with E-state index in [9.17, 15) is 35.1 Å². The van der Waals surface area contributed by atoms with Gasteiger partial charge in [-0.15, -0.1) is 11.3 Å². The molecule has 1 amide bonds. The highest BCUT2D eigenvalue weighted by molar-refractivity contribution is 7.19. The van der Waals surface area contributed by atoms with Crippen molar-refractivity contribution in [1.29, 1.82) is 0 Å². The van der Waals surface area contributed by atoms with Gasteiger partial charge in [-0.2, -0.15) is 0 Å². The molecule has 1 aromatic heterocycles. The molecule has 5 N–H and O–H groups in total. The summed E-state index contributed by atoms with van der Waals surface area (Å²) in [6.07, 6.45) is 2.67. The molecule has 0 radical (unpaired) electrons. The van der Waals surface area contributed by atoms with Crippen molar-refractivity contribution in [2.45, 2.75) is 94.7 Å². The van der Waals surface area contributed by atoms with Gasteiger partial charge in [0.2, 0.25) is 12.2 Å². The van der Waals surface area contributed by atoms with Crippen molar-refractivity contribution in [3.05, 3.63) is 58.0 Å². The van der Waals surface area contributed by atoms with Gasteiger partial charge in [0.05, 0.1) is 23.8 Å². The number of ether oxygens (including phenoxy) is 2. The number of benzene rings is 1. The minimum absolute atomic E-state index is 0.0254. The molecular weight excluding hydrogens is 598 g/mol. The van der Waals surface area contributed by atoms with E-state index in [4.69, 9.17) is 21.1 Å². The largest absolute Gasteiger partial charge is 0.433 e. The lowest BCUT2D eigenvalue weighted by atomic mass is 9.99. The SMILES string of the molecule is Cc1cccc2sc(CCC(O)/C=C/C3CCC(=O)N3C/C=C\CCCC(=O)OC3O[C@H](CO)C(O)[C@H](O)[C@H]3O)c(Cl)c12. The van der Waals surface area contributed by atoms with Crippen LogP contribution in [0.25, 0.3) is 10.1 Å². The molecule has 0 spiro atoms. The van der Waals surface area contributed by atoms with Crippen LogP contribution in [-0.2, 0) is 25.5 Å². The first-order valence-corrected chi connectivity index (χ1v) is 15.8. The highest BCUT2D eigenvalue weighted by atomic mass is 35.5. The number of carbonyl (C=O) groups is 2. The van der Waals surface area contributed by atoms with Gasteiger partial charge >= 0.3 is 5.97 Å². The summed E-state index contributed by atoms with van der Waals surface area (Å²) in [7, 11) is 0. The summed E-state index contributed by atoms with van der Waals surface area (Å²) in [5.74, 6) is -0.606. The Hall–Kier alpha value is -2.35. The average Bonchev–Trinajstić information content (AvgIpc) is 3.51. The first-order chi connectivity index (χ1) is 20.6. The molecule has 0 bridgehead atoms. The fraction of sp³-hybridized carbons (Fsp3) is 0.548. The number of aryl methyl sites for hydroxylation is 2. The standard InChI is InChI=1S/C31H40ClNO9S/c1-18-7-6-8-22-26(18)27(32)23(43-22)14-13-20(35)12-10-19-11-15-24(36)33(19)16-5-3-2-4-9-25(37)42-31-30(40)29(39)28(38)21(17-34)41-31/h3,5-8,10,12,19-21,28-31,34-35,38-40H,2,4,9,11,13-17H2,1H3/b5-3-,12-10+/t19?,20?,21-,28?,29+,30-,31?/m1/s1. The number of likely N-dealkylation sites (tertiary alicyclic amines) is 1. The second kappa shape index (κ2) is 15.6. The minimum atomic E-state index is -1.63. The Bertz CT molecular complexity index is 1310. The van der Waals surface area contributed by atoms with E-state index in [0.29, 0.717) is 45.1 Å². The quantitative estimate of drug-likeness (QED) is 0.127. The van der Waals surface area contributed by atoms with Gasteiger partial charge in [-0.25, -0.2) is 0 Å². The number of esters is 1. The predicted octanol–water partition coefficient (Wildman–Crippen LogP) is 2.77. The van der Waals surface area contributed by atoms with Crippen molar-refractivity contribution in [3.8, 4) is 0 Å². The monoisotopic (exact) mass is 637 g/mol. The molecule has 1 aromatic carbocycles. The van der Waals surface area contributed by atoms with Gasteiger partial charge in [-0.05, 0) is 50.7 Å². The van der Waals surface area contributed by atoms with Crippen molar-refractivity contribution in [2.75, 3.05) is 13.2 Å². The van der Waals surface area contributed by atoms with E-state index in [1.54, 1.807) is 22.3 Å². The van der Waals surface area contributed by atoms with Gasteiger partial charge in [0.1, 0.15) is 24.4 Å². The summed E-state index contributed by atoms with van der Waals surface area (Å²) in [5.41, 5.74) is 1.14. The fourth-order valence-corrected chi connectivity index (χ4v) is 7.04. The molecule has 7 atom stereocenters. The van der Waals surface area contributed by atoms with Gasteiger partial charge in [-0.1, -0.05) is 48.0 Å². The molecule has 236 valence electrons. The number of hydrogen-bond donors (Lipinski definition) is 5. The maximum atomic E-state index is 12.4. The van der Waals surface area contributed by atoms with Crippen LogP contribution in [0.3, 0.4) is 0 Å². The number of amides is 1. The molecule has 10 nitrogen and oxygen atoms in total. The molecule has 2 aromatic rings.